The number of likely N-dealkylation sites (N-methyl/N-ethyl adjacent to an activating group) is 1. The van der Waals surface area contributed by atoms with Gasteiger partial charge in [0.15, 0.2) is 5.65 Å². The summed E-state index contributed by atoms with van der Waals surface area (Å²) in [6.07, 6.45) is -4.53. The molecule has 0 radical (unpaired) electrons. The van der Waals surface area contributed by atoms with Gasteiger partial charge in [0.1, 0.15) is 6.54 Å². The number of halogens is 3. The Bertz CT molecular complexity index is 1110. The molecular weight excluding hydrogens is 397 g/mol. The summed E-state index contributed by atoms with van der Waals surface area (Å²) in [4.78, 5) is 18.6. The molecule has 0 fully saturated rings. The van der Waals surface area contributed by atoms with Crippen LogP contribution in [0.1, 0.15) is 40.8 Å². The summed E-state index contributed by atoms with van der Waals surface area (Å²) < 4.78 is 43.6. The van der Waals surface area contributed by atoms with Gasteiger partial charge >= 0.3 is 6.18 Å². The number of alkyl halides is 3. The highest BCUT2D eigenvalue weighted by atomic mass is 19.4. The summed E-state index contributed by atoms with van der Waals surface area (Å²) in [6, 6.07) is 1.01. The van der Waals surface area contributed by atoms with E-state index >= 15 is 0 Å². The molecule has 0 saturated heterocycles. The zero-order valence-electron chi connectivity index (χ0n) is 17.9. The number of aromatic nitrogens is 5. The molecule has 0 aliphatic carbocycles. The summed E-state index contributed by atoms with van der Waals surface area (Å²) >= 11 is 0. The number of hydrogen-bond acceptors (Lipinski definition) is 4. The molecule has 0 N–H and O–H groups in total. The summed E-state index contributed by atoms with van der Waals surface area (Å²) in [7, 11) is 1.66. The van der Waals surface area contributed by atoms with Gasteiger partial charge in [0.25, 0.3) is 0 Å². The number of pyridine rings is 1. The Morgan fingerprint density at radius 3 is 2.30 bits per heavy atom. The van der Waals surface area contributed by atoms with E-state index < -0.39 is 11.7 Å². The average molecular weight is 422 g/mol. The predicted octanol–water partition coefficient (Wildman–Crippen LogP) is 3.56. The maximum atomic E-state index is 13.5. The van der Waals surface area contributed by atoms with E-state index in [0.717, 1.165) is 29.6 Å². The van der Waals surface area contributed by atoms with Gasteiger partial charge in [-0.25, -0.2) is 9.67 Å². The number of amides is 1. The Balaban J connectivity index is 1.90. The molecule has 10 heteroatoms. The van der Waals surface area contributed by atoms with Crippen LogP contribution in [-0.4, -0.2) is 42.4 Å². The molecule has 0 unspecified atom stereocenters. The van der Waals surface area contributed by atoms with Gasteiger partial charge in [-0.3, -0.25) is 9.48 Å². The van der Waals surface area contributed by atoms with Crippen LogP contribution in [0.2, 0.25) is 0 Å². The van der Waals surface area contributed by atoms with E-state index in [1.807, 2.05) is 25.5 Å². The molecule has 0 bridgehead atoms. The van der Waals surface area contributed by atoms with Crippen molar-refractivity contribution in [2.45, 2.75) is 60.4 Å². The molecular formula is C20H25F3N6O. The van der Waals surface area contributed by atoms with Crippen LogP contribution in [0.5, 0.6) is 0 Å². The lowest BCUT2D eigenvalue weighted by Gasteiger charge is -2.18. The molecule has 3 aromatic heterocycles. The number of fused-ring (bicyclic) bond motifs is 1. The van der Waals surface area contributed by atoms with Crippen molar-refractivity contribution in [2.24, 2.45) is 0 Å². The number of aryl methyl sites for hydroxylation is 4. The Morgan fingerprint density at radius 2 is 1.73 bits per heavy atom. The summed E-state index contributed by atoms with van der Waals surface area (Å²) in [5.74, 6) is -0.278. The number of rotatable bonds is 5. The molecule has 0 spiro atoms. The molecule has 3 rings (SSSR count). The number of carbonyl (C=O) groups is 1. The average Bonchev–Trinajstić information content (AvgIpc) is 3.10. The molecule has 162 valence electrons. The van der Waals surface area contributed by atoms with Gasteiger partial charge in [0, 0.05) is 37.1 Å². The highest BCUT2D eigenvalue weighted by molar-refractivity contribution is 5.85. The van der Waals surface area contributed by atoms with Gasteiger partial charge in [-0.1, -0.05) is 0 Å². The van der Waals surface area contributed by atoms with Gasteiger partial charge in [-0.2, -0.15) is 23.4 Å². The van der Waals surface area contributed by atoms with Crippen LogP contribution in [-0.2, 0) is 30.6 Å². The first-order chi connectivity index (χ1) is 13.9. The second-order valence-electron chi connectivity index (χ2n) is 7.47. The van der Waals surface area contributed by atoms with Gasteiger partial charge < -0.3 is 4.90 Å². The topological polar surface area (TPSA) is 68.8 Å². The second kappa shape index (κ2) is 7.73. The van der Waals surface area contributed by atoms with Crippen LogP contribution in [0.3, 0.4) is 0 Å². The third-order valence-electron chi connectivity index (χ3n) is 5.25. The SMILES string of the molecule is CCn1nc(C)c(CN(C)C(=O)Cn2nc(C)c3c(C(F)(F)F)cc(C)nc32)c1C. The summed E-state index contributed by atoms with van der Waals surface area (Å²) in [6.45, 7) is 9.71. The fourth-order valence-electron chi connectivity index (χ4n) is 3.66. The molecule has 30 heavy (non-hydrogen) atoms. The zero-order chi connectivity index (χ0) is 22.4. The molecule has 3 heterocycles. The molecule has 0 saturated carbocycles. The van der Waals surface area contributed by atoms with Crippen molar-refractivity contribution in [3.8, 4) is 0 Å². The largest absolute Gasteiger partial charge is 0.417 e. The Labute approximate surface area is 172 Å². The van der Waals surface area contributed by atoms with Gasteiger partial charge in [0.2, 0.25) is 5.91 Å². The van der Waals surface area contributed by atoms with Crippen LogP contribution in [0, 0.1) is 27.7 Å². The van der Waals surface area contributed by atoms with Gasteiger partial charge in [-0.05, 0) is 40.7 Å². The lowest BCUT2D eigenvalue weighted by Crippen LogP contribution is -2.30. The van der Waals surface area contributed by atoms with Crippen molar-refractivity contribution >= 4 is 16.9 Å². The van der Waals surface area contributed by atoms with Crippen molar-refractivity contribution in [2.75, 3.05) is 7.05 Å². The zero-order valence-corrected chi connectivity index (χ0v) is 17.9. The number of carbonyl (C=O) groups excluding carboxylic acids is 1. The first kappa shape index (κ1) is 21.8. The van der Waals surface area contributed by atoms with Crippen LogP contribution in [0.25, 0.3) is 11.0 Å². The van der Waals surface area contributed by atoms with Crippen molar-refractivity contribution in [1.29, 1.82) is 0 Å². The quantitative estimate of drug-likeness (QED) is 0.631. The second-order valence-corrected chi connectivity index (χ2v) is 7.47. The molecule has 0 atom stereocenters. The van der Waals surface area contributed by atoms with E-state index in [1.54, 1.807) is 7.05 Å². The minimum atomic E-state index is -4.53. The highest BCUT2D eigenvalue weighted by Gasteiger charge is 2.35. The van der Waals surface area contributed by atoms with Crippen molar-refractivity contribution in [3.05, 3.63) is 40.0 Å². The van der Waals surface area contributed by atoms with Crippen LogP contribution in [0.4, 0.5) is 13.2 Å². The third-order valence-corrected chi connectivity index (χ3v) is 5.25. The maximum Gasteiger partial charge on any atom is 0.417 e. The first-order valence-electron chi connectivity index (χ1n) is 9.62. The van der Waals surface area contributed by atoms with Gasteiger partial charge in [0.05, 0.1) is 22.3 Å². The fraction of sp³-hybridized carbons (Fsp3) is 0.500. The molecule has 1 amide bonds. The predicted molar refractivity (Wildman–Crippen MR) is 106 cm³/mol. The first-order valence-corrected chi connectivity index (χ1v) is 9.62. The lowest BCUT2D eigenvalue weighted by atomic mass is 10.1. The Morgan fingerprint density at radius 1 is 1.10 bits per heavy atom. The minimum Gasteiger partial charge on any atom is -0.340 e. The fourth-order valence-corrected chi connectivity index (χ4v) is 3.66. The number of nitrogens with zero attached hydrogens (tertiary/aromatic N) is 6. The third kappa shape index (κ3) is 3.90. The van der Waals surface area contributed by atoms with E-state index in [4.69, 9.17) is 0 Å². The van der Waals surface area contributed by atoms with E-state index in [9.17, 15) is 18.0 Å². The maximum absolute atomic E-state index is 13.5. The van der Waals surface area contributed by atoms with Crippen molar-refractivity contribution in [1.82, 2.24) is 29.4 Å². The number of hydrogen-bond donors (Lipinski definition) is 0. The molecule has 7 nitrogen and oxygen atoms in total. The lowest BCUT2D eigenvalue weighted by molar-refractivity contribution is -0.136. The minimum absolute atomic E-state index is 0.0627. The van der Waals surface area contributed by atoms with Crippen LogP contribution >= 0.6 is 0 Å². The van der Waals surface area contributed by atoms with E-state index in [0.29, 0.717) is 6.54 Å². The molecule has 0 aromatic carbocycles. The van der Waals surface area contributed by atoms with Crippen molar-refractivity contribution < 1.29 is 18.0 Å². The monoisotopic (exact) mass is 422 g/mol. The van der Waals surface area contributed by atoms with Crippen LogP contribution < -0.4 is 0 Å². The molecule has 0 aliphatic heterocycles. The van der Waals surface area contributed by atoms with E-state index in [1.165, 1.54) is 23.4 Å². The van der Waals surface area contributed by atoms with E-state index in [-0.39, 0.29) is 34.9 Å². The normalized spacial score (nSPS) is 12.0. The molecule has 0 aliphatic rings. The smallest absolute Gasteiger partial charge is 0.340 e. The van der Waals surface area contributed by atoms with Crippen LogP contribution in [0.15, 0.2) is 6.07 Å². The van der Waals surface area contributed by atoms with E-state index in [2.05, 4.69) is 15.2 Å². The Hall–Kier alpha value is -2.91. The van der Waals surface area contributed by atoms with Gasteiger partial charge in [-0.15, -0.1) is 0 Å². The summed E-state index contributed by atoms with van der Waals surface area (Å²) in [5, 5.41) is 8.56. The van der Waals surface area contributed by atoms with Crippen molar-refractivity contribution in [3.63, 3.8) is 0 Å². The molecule has 3 aromatic rings. The highest BCUT2D eigenvalue weighted by Crippen LogP contribution is 2.36. The Kier molecular flexibility index (Phi) is 5.62. The summed E-state index contributed by atoms with van der Waals surface area (Å²) in [5.41, 5.74) is 2.48. The standard InChI is InChI=1S/C20H25F3N6O/c1-7-28-14(5)15(12(3)25-28)9-27(6)17(30)10-29-19-18(13(4)26-29)16(20(21,22)23)8-11(2)24-19/h8H,7,9-10H2,1-6H3.